The Morgan fingerprint density at radius 1 is 0.657 bits per heavy atom. The van der Waals surface area contributed by atoms with E-state index in [1.54, 1.807) is 0 Å². The molecule has 0 bridgehead atoms. The number of hydrogen-bond donors (Lipinski definition) is 1. The van der Waals surface area contributed by atoms with Crippen molar-refractivity contribution in [2.24, 2.45) is 0 Å². The summed E-state index contributed by atoms with van der Waals surface area (Å²) < 4.78 is 18.4. The molecule has 0 saturated heterocycles. The lowest BCUT2D eigenvalue weighted by atomic mass is 10.0. The molecule has 0 heterocycles. The number of allylic oxidation sites excluding steroid dienone is 2. The van der Waals surface area contributed by atoms with Gasteiger partial charge >= 0.3 is 7.60 Å². The average Bonchev–Trinajstić information content (AvgIpc) is 2.78. The van der Waals surface area contributed by atoms with Crippen LogP contribution >= 0.6 is 7.60 Å². The first-order valence-electron chi connectivity index (χ1n) is 15.2. The van der Waals surface area contributed by atoms with Gasteiger partial charge in [-0.3, -0.25) is 4.57 Å². The second-order valence-electron chi connectivity index (χ2n) is 11.5. The first-order chi connectivity index (χ1) is 16.8. The Kier molecular flexibility index (Phi) is 22.9. The second-order valence-corrected chi connectivity index (χ2v) is 13.4. The summed E-state index contributed by atoms with van der Waals surface area (Å²) in [6, 6.07) is 0. The number of rotatable bonds is 26. The molecule has 0 rings (SSSR count). The predicted octanol–water partition coefficient (Wildman–Crippen LogP) is 10.0. The molecule has 0 aliphatic carbocycles. The van der Waals surface area contributed by atoms with Gasteiger partial charge in [0.05, 0.1) is 27.7 Å². The van der Waals surface area contributed by atoms with Crippen LogP contribution in [0.5, 0.6) is 0 Å². The minimum atomic E-state index is -3.55. The molecular formula is C30H63NO3P+. The summed E-state index contributed by atoms with van der Waals surface area (Å²) in [6.07, 6.45) is 31.8. The normalized spacial score (nSPS) is 15.0. The Labute approximate surface area is 220 Å². The zero-order valence-corrected chi connectivity index (χ0v) is 25.3. The molecule has 4 nitrogen and oxygen atoms in total. The molecule has 35 heavy (non-hydrogen) atoms. The summed E-state index contributed by atoms with van der Waals surface area (Å²) >= 11 is 0. The molecule has 0 aromatic heterocycles. The second kappa shape index (κ2) is 23.0. The van der Waals surface area contributed by atoms with Gasteiger partial charge in [0.25, 0.3) is 0 Å². The molecule has 0 saturated carbocycles. The van der Waals surface area contributed by atoms with E-state index in [1.165, 1.54) is 116 Å². The maximum Gasteiger partial charge on any atom is 0.385 e. The molecule has 210 valence electrons. The van der Waals surface area contributed by atoms with E-state index in [-0.39, 0.29) is 5.78 Å². The van der Waals surface area contributed by atoms with Crippen LogP contribution in [0.4, 0.5) is 0 Å². The first-order valence-corrected chi connectivity index (χ1v) is 16.8. The largest absolute Gasteiger partial charge is 0.385 e. The summed E-state index contributed by atoms with van der Waals surface area (Å²) in [4.78, 5) is 10.3. The van der Waals surface area contributed by atoms with Crippen molar-refractivity contribution in [1.29, 1.82) is 0 Å². The fourth-order valence-corrected chi connectivity index (χ4v) is 6.81. The Morgan fingerprint density at radius 3 is 1.40 bits per heavy atom. The standard InChI is InChI=1S/C30H62NO3P/c1-6-8-9-10-11-12-13-14-15-16-17-18-19-20-21-22-23-24-25-26-27-28-29-34-35(32,33)30(7-2)31(3,4)5/h13-14,30H,6-12,15-29H2,1-5H3/p+1. The van der Waals surface area contributed by atoms with Crippen molar-refractivity contribution in [3.05, 3.63) is 12.2 Å². The summed E-state index contributed by atoms with van der Waals surface area (Å²) in [7, 11) is 2.32. The maximum atomic E-state index is 12.5. The number of hydrogen-bond acceptors (Lipinski definition) is 2. The maximum absolute atomic E-state index is 12.5. The molecule has 0 aliphatic heterocycles. The van der Waals surface area contributed by atoms with Gasteiger partial charge in [-0.15, -0.1) is 0 Å². The van der Waals surface area contributed by atoms with E-state index in [0.29, 0.717) is 17.5 Å². The van der Waals surface area contributed by atoms with E-state index < -0.39 is 7.60 Å². The highest BCUT2D eigenvalue weighted by Crippen LogP contribution is 2.51. The van der Waals surface area contributed by atoms with Crippen molar-refractivity contribution in [2.75, 3.05) is 27.7 Å². The molecule has 0 radical (unpaired) electrons. The van der Waals surface area contributed by atoms with E-state index >= 15 is 0 Å². The summed E-state index contributed by atoms with van der Waals surface area (Å²) in [5, 5.41) is 0. The molecule has 0 fully saturated rings. The van der Waals surface area contributed by atoms with E-state index in [0.717, 1.165) is 12.8 Å². The Balaban J connectivity index is 3.37. The van der Waals surface area contributed by atoms with Crippen LogP contribution in [0.15, 0.2) is 12.2 Å². The smallest absolute Gasteiger partial charge is 0.320 e. The van der Waals surface area contributed by atoms with Crippen molar-refractivity contribution in [2.45, 2.75) is 154 Å². The Morgan fingerprint density at radius 2 is 1.03 bits per heavy atom. The zero-order chi connectivity index (χ0) is 26.3. The highest BCUT2D eigenvalue weighted by Gasteiger charge is 2.41. The molecule has 0 amide bonds. The topological polar surface area (TPSA) is 46.5 Å². The van der Waals surface area contributed by atoms with E-state index in [2.05, 4.69) is 19.1 Å². The third kappa shape index (κ3) is 21.6. The van der Waals surface area contributed by atoms with Gasteiger partial charge in [-0.2, -0.15) is 0 Å². The summed E-state index contributed by atoms with van der Waals surface area (Å²) in [6.45, 7) is 4.64. The monoisotopic (exact) mass is 516 g/mol. The predicted molar refractivity (Wildman–Crippen MR) is 155 cm³/mol. The lowest BCUT2D eigenvalue weighted by molar-refractivity contribution is -0.883. The van der Waals surface area contributed by atoms with E-state index in [9.17, 15) is 9.46 Å². The number of quaternary nitrogens is 1. The molecule has 0 spiro atoms. The van der Waals surface area contributed by atoms with Gasteiger partial charge in [0.2, 0.25) is 0 Å². The number of nitrogens with zero attached hydrogens (tertiary/aromatic N) is 1. The Hall–Kier alpha value is -0.150. The van der Waals surface area contributed by atoms with Gasteiger partial charge in [-0.05, 0) is 32.1 Å². The van der Waals surface area contributed by atoms with Crippen LogP contribution in [0.1, 0.15) is 149 Å². The molecule has 1 N–H and O–H groups in total. The minimum Gasteiger partial charge on any atom is -0.320 e. The van der Waals surface area contributed by atoms with Crippen LogP contribution in [0.25, 0.3) is 0 Å². The Bertz CT molecular complexity index is 530. The van der Waals surface area contributed by atoms with Crippen LogP contribution in [-0.4, -0.2) is 42.9 Å². The van der Waals surface area contributed by atoms with E-state index in [1.807, 2.05) is 28.1 Å². The average molecular weight is 517 g/mol. The minimum absolute atomic E-state index is 0.348. The van der Waals surface area contributed by atoms with Crippen molar-refractivity contribution >= 4 is 7.60 Å². The lowest BCUT2D eigenvalue weighted by Gasteiger charge is -2.35. The lowest BCUT2D eigenvalue weighted by Crippen LogP contribution is -2.44. The first kappa shape index (κ1) is 34.9. The van der Waals surface area contributed by atoms with Crippen LogP contribution in [0.3, 0.4) is 0 Å². The van der Waals surface area contributed by atoms with Gasteiger partial charge in [0.1, 0.15) is 0 Å². The van der Waals surface area contributed by atoms with Crippen LogP contribution < -0.4 is 0 Å². The molecule has 5 heteroatoms. The van der Waals surface area contributed by atoms with Crippen molar-refractivity contribution in [1.82, 2.24) is 0 Å². The molecule has 2 unspecified atom stereocenters. The van der Waals surface area contributed by atoms with Crippen LogP contribution in [0.2, 0.25) is 0 Å². The fraction of sp³-hybridized carbons (Fsp3) is 0.933. The van der Waals surface area contributed by atoms with Crippen LogP contribution in [-0.2, 0) is 9.09 Å². The van der Waals surface area contributed by atoms with Gasteiger partial charge < -0.3 is 13.9 Å². The third-order valence-corrected chi connectivity index (χ3v) is 9.43. The summed E-state index contributed by atoms with van der Waals surface area (Å²) in [5.41, 5.74) is 0. The van der Waals surface area contributed by atoms with Gasteiger partial charge in [0, 0.05) is 6.42 Å². The zero-order valence-electron chi connectivity index (χ0n) is 24.4. The highest BCUT2D eigenvalue weighted by atomic mass is 31.2. The van der Waals surface area contributed by atoms with Gasteiger partial charge in [-0.25, -0.2) is 0 Å². The van der Waals surface area contributed by atoms with Crippen molar-refractivity contribution < 1.29 is 18.5 Å². The van der Waals surface area contributed by atoms with Crippen molar-refractivity contribution in [3.8, 4) is 0 Å². The molecular weight excluding hydrogens is 453 g/mol. The summed E-state index contributed by atoms with van der Waals surface area (Å²) in [5.74, 6) is -0.348. The van der Waals surface area contributed by atoms with Crippen LogP contribution in [0, 0.1) is 0 Å². The number of unbranched alkanes of at least 4 members (excludes halogenated alkanes) is 18. The molecule has 2 atom stereocenters. The highest BCUT2D eigenvalue weighted by molar-refractivity contribution is 7.53. The SMILES string of the molecule is CCCCCCCC=CCCCCCCCCCCCCCCCOP(=O)(O)C(CC)[N+](C)(C)C. The van der Waals surface area contributed by atoms with Gasteiger partial charge in [-0.1, -0.05) is 122 Å². The molecule has 0 aromatic carbocycles. The molecule has 0 aliphatic rings. The van der Waals surface area contributed by atoms with Gasteiger partial charge in [0.15, 0.2) is 5.78 Å². The third-order valence-electron chi connectivity index (χ3n) is 7.07. The quantitative estimate of drug-likeness (QED) is 0.0538. The molecule has 0 aromatic rings. The van der Waals surface area contributed by atoms with E-state index in [4.69, 9.17) is 4.52 Å². The fourth-order valence-electron chi connectivity index (χ4n) is 4.91. The van der Waals surface area contributed by atoms with Crippen molar-refractivity contribution in [3.63, 3.8) is 0 Å².